The largest absolute Gasteiger partial charge is 0.389 e. The van der Waals surface area contributed by atoms with Gasteiger partial charge in [-0.05, 0) is 25.5 Å². The molecule has 0 saturated carbocycles. The summed E-state index contributed by atoms with van der Waals surface area (Å²) < 4.78 is 13.6. The first-order chi connectivity index (χ1) is 7.57. The van der Waals surface area contributed by atoms with Crippen LogP contribution in [0.3, 0.4) is 0 Å². The lowest BCUT2D eigenvalue weighted by Crippen LogP contribution is -2.21. The monoisotopic (exact) mass is 225 g/mol. The predicted molar refractivity (Wildman–Crippen MR) is 65.2 cm³/mol. The van der Waals surface area contributed by atoms with Gasteiger partial charge in [-0.1, -0.05) is 19.4 Å². The van der Waals surface area contributed by atoms with Gasteiger partial charge in [0.1, 0.15) is 5.82 Å². The molecule has 1 unspecified atom stereocenters. The maximum atomic E-state index is 13.6. The summed E-state index contributed by atoms with van der Waals surface area (Å²) in [6.07, 6.45) is 1.39. The Balaban J connectivity index is 2.98. The van der Waals surface area contributed by atoms with Crippen molar-refractivity contribution in [2.45, 2.75) is 32.8 Å². The molecule has 1 aromatic carbocycles. The van der Waals surface area contributed by atoms with E-state index in [4.69, 9.17) is 0 Å². The van der Waals surface area contributed by atoms with Crippen molar-refractivity contribution in [3.05, 3.63) is 29.6 Å². The van der Waals surface area contributed by atoms with Crippen molar-refractivity contribution < 1.29 is 9.50 Å². The van der Waals surface area contributed by atoms with Crippen molar-refractivity contribution in [1.82, 2.24) is 0 Å². The van der Waals surface area contributed by atoms with Gasteiger partial charge in [-0.2, -0.15) is 0 Å². The molecule has 0 aliphatic carbocycles. The van der Waals surface area contributed by atoms with Gasteiger partial charge < -0.3 is 10.0 Å². The quantitative estimate of drug-likeness (QED) is 0.832. The first kappa shape index (κ1) is 13.0. The SMILES string of the molecule is CCCCN(C)c1cccc(F)c1C(C)O. The third kappa shape index (κ3) is 2.95. The molecule has 16 heavy (non-hydrogen) atoms. The predicted octanol–water partition coefficient (Wildman–Crippen LogP) is 3.12. The van der Waals surface area contributed by atoms with E-state index in [1.54, 1.807) is 13.0 Å². The fourth-order valence-electron chi connectivity index (χ4n) is 1.79. The molecular weight excluding hydrogens is 205 g/mol. The third-order valence-electron chi connectivity index (χ3n) is 2.71. The number of hydrogen-bond donors (Lipinski definition) is 1. The van der Waals surface area contributed by atoms with Gasteiger partial charge in [0, 0.05) is 24.8 Å². The zero-order valence-corrected chi connectivity index (χ0v) is 10.2. The Morgan fingerprint density at radius 3 is 2.69 bits per heavy atom. The van der Waals surface area contributed by atoms with Crippen LogP contribution in [0.5, 0.6) is 0 Å². The zero-order chi connectivity index (χ0) is 12.1. The van der Waals surface area contributed by atoms with Crippen molar-refractivity contribution >= 4 is 5.69 Å². The van der Waals surface area contributed by atoms with Crippen LogP contribution in [0.4, 0.5) is 10.1 Å². The van der Waals surface area contributed by atoms with E-state index in [9.17, 15) is 9.50 Å². The number of anilines is 1. The van der Waals surface area contributed by atoms with Crippen LogP contribution in [-0.4, -0.2) is 18.7 Å². The minimum Gasteiger partial charge on any atom is -0.389 e. The first-order valence-electron chi connectivity index (χ1n) is 5.75. The molecule has 2 nitrogen and oxygen atoms in total. The Bertz CT molecular complexity index is 339. The second-order valence-corrected chi connectivity index (χ2v) is 4.12. The molecule has 0 fully saturated rings. The molecule has 90 valence electrons. The molecule has 0 bridgehead atoms. The third-order valence-corrected chi connectivity index (χ3v) is 2.71. The Morgan fingerprint density at radius 2 is 2.12 bits per heavy atom. The topological polar surface area (TPSA) is 23.5 Å². The second-order valence-electron chi connectivity index (χ2n) is 4.12. The summed E-state index contributed by atoms with van der Waals surface area (Å²) in [6.45, 7) is 4.59. The van der Waals surface area contributed by atoms with Gasteiger partial charge in [0.05, 0.1) is 6.10 Å². The average molecular weight is 225 g/mol. The molecule has 1 atom stereocenters. The van der Waals surface area contributed by atoms with Crippen molar-refractivity contribution in [2.75, 3.05) is 18.5 Å². The van der Waals surface area contributed by atoms with E-state index in [1.807, 2.05) is 18.0 Å². The van der Waals surface area contributed by atoms with Crippen LogP contribution in [0, 0.1) is 5.82 Å². The summed E-state index contributed by atoms with van der Waals surface area (Å²) in [6, 6.07) is 4.92. The second kappa shape index (κ2) is 5.85. The minimum atomic E-state index is -0.778. The van der Waals surface area contributed by atoms with Crippen LogP contribution >= 0.6 is 0 Å². The molecule has 0 aliphatic heterocycles. The molecule has 1 aromatic rings. The van der Waals surface area contributed by atoms with Crippen LogP contribution in [-0.2, 0) is 0 Å². The molecule has 3 heteroatoms. The summed E-state index contributed by atoms with van der Waals surface area (Å²) in [5.74, 6) is -0.337. The zero-order valence-electron chi connectivity index (χ0n) is 10.2. The number of rotatable bonds is 5. The molecule has 0 saturated heterocycles. The van der Waals surface area contributed by atoms with Gasteiger partial charge in [-0.15, -0.1) is 0 Å². The molecule has 0 amide bonds. The molecule has 0 aromatic heterocycles. The van der Waals surface area contributed by atoms with Crippen LogP contribution in [0.2, 0.25) is 0 Å². The Morgan fingerprint density at radius 1 is 1.44 bits per heavy atom. The lowest BCUT2D eigenvalue weighted by Gasteiger charge is -2.23. The smallest absolute Gasteiger partial charge is 0.131 e. The molecule has 0 spiro atoms. The number of hydrogen-bond acceptors (Lipinski definition) is 2. The van der Waals surface area contributed by atoms with Crippen molar-refractivity contribution in [2.24, 2.45) is 0 Å². The number of aliphatic hydroxyl groups is 1. The summed E-state index contributed by atoms with van der Waals surface area (Å²) in [7, 11) is 1.93. The highest BCUT2D eigenvalue weighted by molar-refractivity contribution is 5.54. The molecule has 0 aliphatic rings. The maximum absolute atomic E-state index is 13.6. The number of nitrogens with zero attached hydrogens (tertiary/aromatic N) is 1. The Labute approximate surface area is 96.7 Å². The normalized spacial score (nSPS) is 12.6. The Kier molecular flexibility index (Phi) is 4.74. The van der Waals surface area contributed by atoms with Crippen LogP contribution < -0.4 is 4.90 Å². The minimum absolute atomic E-state index is 0.337. The Hall–Kier alpha value is -1.09. The summed E-state index contributed by atoms with van der Waals surface area (Å²) in [5.41, 5.74) is 1.17. The average Bonchev–Trinajstić information content (AvgIpc) is 2.24. The van der Waals surface area contributed by atoms with Crippen LogP contribution in [0.1, 0.15) is 38.4 Å². The highest BCUT2D eigenvalue weighted by Crippen LogP contribution is 2.28. The van der Waals surface area contributed by atoms with Gasteiger partial charge in [-0.25, -0.2) is 4.39 Å². The van der Waals surface area contributed by atoms with Crippen molar-refractivity contribution in [3.8, 4) is 0 Å². The molecule has 1 rings (SSSR count). The van der Waals surface area contributed by atoms with E-state index in [1.165, 1.54) is 6.07 Å². The fourth-order valence-corrected chi connectivity index (χ4v) is 1.79. The highest BCUT2D eigenvalue weighted by Gasteiger charge is 2.15. The number of benzene rings is 1. The van der Waals surface area contributed by atoms with Crippen molar-refractivity contribution in [3.63, 3.8) is 0 Å². The highest BCUT2D eigenvalue weighted by atomic mass is 19.1. The van der Waals surface area contributed by atoms with Crippen LogP contribution in [0.15, 0.2) is 18.2 Å². The molecule has 1 N–H and O–H groups in total. The summed E-state index contributed by atoms with van der Waals surface area (Å²) in [5, 5.41) is 9.59. The molecule has 0 heterocycles. The lowest BCUT2D eigenvalue weighted by atomic mass is 10.1. The van der Waals surface area contributed by atoms with E-state index >= 15 is 0 Å². The van der Waals surface area contributed by atoms with Gasteiger partial charge in [0.2, 0.25) is 0 Å². The molecule has 0 radical (unpaired) electrons. The standard InChI is InChI=1S/C13H20FNO/c1-4-5-9-15(3)12-8-6-7-11(14)13(12)10(2)16/h6-8,10,16H,4-5,9H2,1-3H3. The summed E-state index contributed by atoms with van der Waals surface area (Å²) in [4.78, 5) is 1.99. The van der Waals surface area contributed by atoms with Gasteiger partial charge in [-0.3, -0.25) is 0 Å². The van der Waals surface area contributed by atoms with E-state index in [0.717, 1.165) is 25.1 Å². The van der Waals surface area contributed by atoms with Gasteiger partial charge >= 0.3 is 0 Å². The van der Waals surface area contributed by atoms with Gasteiger partial charge in [0.15, 0.2) is 0 Å². The van der Waals surface area contributed by atoms with E-state index < -0.39 is 6.10 Å². The fraction of sp³-hybridized carbons (Fsp3) is 0.538. The molecular formula is C13H20FNO. The summed E-state index contributed by atoms with van der Waals surface area (Å²) >= 11 is 0. The maximum Gasteiger partial charge on any atom is 0.131 e. The van der Waals surface area contributed by atoms with Gasteiger partial charge in [0.25, 0.3) is 0 Å². The first-order valence-corrected chi connectivity index (χ1v) is 5.75. The number of aliphatic hydroxyl groups excluding tert-OH is 1. The number of halogens is 1. The van der Waals surface area contributed by atoms with Crippen molar-refractivity contribution in [1.29, 1.82) is 0 Å². The number of unbranched alkanes of at least 4 members (excludes halogenated alkanes) is 1. The van der Waals surface area contributed by atoms with E-state index in [2.05, 4.69) is 6.92 Å². The van der Waals surface area contributed by atoms with E-state index in [0.29, 0.717) is 5.56 Å². The lowest BCUT2D eigenvalue weighted by molar-refractivity contribution is 0.194. The van der Waals surface area contributed by atoms with Crippen LogP contribution in [0.25, 0.3) is 0 Å². The van der Waals surface area contributed by atoms with E-state index in [-0.39, 0.29) is 5.82 Å².